The van der Waals surface area contributed by atoms with Crippen molar-refractivity contribution >= 4 is 34.9 Å². The van der Waals surface area contributed by atoms with Gasteiger partial charge in [-0.2, -0.15) is 0 Å². The lowest BCUT2D eigenvalue weighted by atomic mass is 9.88. The highest BCUT2D eigenvalue weighted by atomic mass is 35.5. The highest BCUT2D eigenvalue weighted by Crippen LogP contribution is 2.39. The number of pyridine rings is 1. The van der Waals surface area contributed by atoms with E-state index in [0.717, 1.165) is 42.0 Å². The number of nitrogens with zero attached hydrogens (tertiary/aromatic N) is 2. The Bertz CT molecular complexity index is 890. The van der Waals surface area contributed by atoms with Gasteiger partial charge in [-0.3, -0.25) is 4.98 Å². The van der Waals surface area contributed by atoms with Crippen LogP contribution in [0.15, 0.2) is 36.0 Å². The average Bonchev–Trinajstić information content (AvgIpc) is 2.84. The molecule has 0 saturated carbocycles. The predicted octanol–water partition coefficient (Wildman–Crippen LogP) is 5.54. The van der Waals surface area contributed by atoms with Crippen molar-refractivity contribution in [2.45, 2.75) is 32.6 Å². The number of piperidine rings is 1. The van der Waals surface area contributed by atoms with Crippen molar-refractivity contribution in [2.75, 3.05) is 19.7 Å². The molecule has 146 valence electrons. The number of hydrogen-bond donors (Lipinski definition) is 0. The molecule has 1 fully saturated rings. The summed E-state index contributed by atoms with van der Waals surface area (Å²) < 4.78 is 5.15. The fraction of sp³-hybridized carbons (Fsp3) is 0.364. The Labute approximate surface area is 175 Å². The molecule has 2 heterocycles. The van der Waals surface area contributed by atoms with Crippen molar-refractivity contribution in [3.8, 4) is 0 Å². The molecule has 2 aromatic rings. The van der Waals surface area contributed by atoms with Crippen LogP contribution in [0, 0.1) is 0 Å². The first-order valence-electron chi connectivity index (χ1n) is 9.64. The normalized spacial score (nSPS) is 16.3. The SMILES string of the molecule is CCOC(=O)N1CCC(=C2c3ccc(Cl)cc3CCc3cc(Cl)cnc32)CC1. The molecular weight excluding hydrogens is 395 g/mol. The van der Waals surface area contributed by atoms with Crippen LogP contribution < -0.4 is 0 Å². The summed E-state index contributed by atoms with van der Waals surface area (Å²) in [4.78, 5) is 18.5. The number of likely N-dealkylation sites (tertiary alicyclic amines) is 1. The van der Waals surface area contributed by atoms with Crippen molar-refractivity contribution < 1.29 is 9.53 Å². The lowest BCUT2D eigenvalue weighted by Crippen LogP contribution is -2.37. The van der Waals surface area contributed by atoms with E-state index in [0.29, 0.717) is 24.7 Å². The number of amides is 1. The predicted molar refractivity (Wildman–Crippen MR) is 112 cm³/mol. The number of hydrogen-bond acceptors (Lipinski definition) is 3. The maximum atomic E-state index is 12.1. The number of halogens is 2. The molecular formula is C22H22Cl2N2O2. The second-order valence-corrected chi connectivity index (χ2v) is 8.00. The molecule has 4 rings (SSSR count). The molecule has 1 aromatic heterocycles. The molecule has 0 bridgehead atoms. The molecule has 2 aliphatic rings. The van der Waals surface area contributed by atoms with E-state index >= 15 is 0 Å². The van der Waals surface area contributed by atoms with Crippen molar-refractivity contribution in [3.63, 3.8) is 0 Å². The van der Waals surface area contributed by atoms with Crippen LogP contribution in [0.5, 0.6) is 0 Å². The molecule has 0 atom stereocenters. The number of aryl methyl sites for hydroxylation is 2. The van der Waals surface area contributed by atoms with Crippen LogP contribution in [0.4, 0.5) is 4.79 Å². The molecule has 4 nitrogen and oxygen atoms in total. The number of ether oxygens (including phenoxy) is 1. The fourth-order valence-corrected chi connectivity index (χ4v) is 4.46. The topological polar surface area (TPSA) is 42.4 Å². The molecule has 0 radical (unpaired) electrons. The summed E-state index contributed by atoms with van der Waals surface area (Å²) in [6.45, 7) is 3.54. The largest absolute Gasteiger partial charge is 0.450 e. The van der Waals surface area contributed by atoms with E-state index < -0.39 is 0 Å². The summed E-state index contributed by atoms with van der Waals surface area (Å²) in [7, 11) is 0. The van der Waals surface area contributed by atoms with Crippen LogP contribution in [-0.2, 0) is 17.6 Å². The molecule has 1 amide bonds. The zero-order valence-corrected chi connectivity index (χ0v) is 17.3. The van der Waals surface area contributed by atoms with E-state index in [-0.39, 0.29) is 6.09 Å². The van der Waals surface area contributed by atoms with E-state index in [2.05, 4.69) is 12.1 Å². The van der Waals surface area contributed by atoms with E-state index in [1.807, 2.05) is 19.1 Å². The molecule has 0 spiro atoms. The van der Waals surface area contributed by atoms with Gasteiger partial charge in [0.25, 0.3) is 0 Å². The van der Waals surface area contributed by atoms with Gasteiger partial charge in [0.15, 0.2) is 0 Å². The lowest BCUT2D eigenvalue weighted by molar-refractivity contribution is 0.104. The van der Waals surface area contributed by atoms with E-state index in [4.69, 9.17) is 32.9 Å². The molecule has 28 heavy (non-hydrogen) atoms. The minimum Gasteiger partial charge on any atom is -0.450 e. The Morgan fingerprint density at radius 3 is 2.54 bits per heavy atom. The molecule has 6 heteroatoms. The smallest absolute Gasteiger partial charge is 0.409 e. The minimum absolute atomic E-state index is 0.232. The van der Waals surface area contributed by atoms with Crippen LogP contribution in [0.1, 0.15) is 42.1 Å². The molecule has 1 aliphatic carbocycles. The van der Waals surface area contributed by atoms with Gasteiger partial charge < -0.3 is 9.64 Å². The molecule has 0 N–H and O–H groups in total. The number of carbonyl (C=O) groups excluding carboxylic acids is 1. The van der Waals surface area contributed by atoms with Gasteiger partial charge in [0.1, 0.15) is 0 Å². The van der Waals surface area contributed by atoms with Crippen LogP contribution in [-0.4, -0.2) is 35.7 Å². The van der Waals surface area contributed by atoms with E-state index in [1.54, 1.807) is 11.1 Å². The number of rotatable bonds is 1. The summed E-state index contributed by atoms with van der Waals surface area (Å²) >= 11 is 12.5. The van der Waals surface area contributed by atoms with Gasteiger partial charge in [-0.05, 0) is 67.5 Å². The lowest BCUT2D eigenvalue weighted by Gasteiger charge is -2.29. The maximum absolute atomic E-state index is 12.1. The van der Waals surface area contributed by atoms with Crippen LogP contribution in [0.3, 0.4) is 0 Å². The quantitative estimate of drug-likeness (QED) is 0.612. The van der Waals surface area contributed by atoms with Gasteiger partial charge in [0.2, 0.25) is 0 Å². The zero-order valence-electron chi connectivity index (χ0n) is 15.8. The number of aromatic nitrogens is 1. The van der Waals surface area contributed by atoms with E-state index in [9.17, 15) is 4.79 Å². The maximum Gasteiger partial charge on any atom is 0.409 e. The third-order valence-corrected chi connectivity index (χ3v) is 5.86. The second-order valence-electron chi connectivity index (χ2n) is 7.13. The van der Waals surface area contributed by atoms with Crippen LogP contribution >= 0.6 is 23.2 Å². The van der Waals surface area contributed by atoms with Gasteiger partial charge in [0, 0.05) is 29.9 Å². The van der Waals surface area contributed by atoms with Gasteiger partial charge in [-0.25, -0.2) is 4.79 Å². The Balaban J connectivity index is 1.77. The zero-order chi connectivity index (χ0) is 19.7. The first kappa shape index (κ1) is 19.3. The molecule has 1 aromatic carbocycles. The Hall–Kier alpha value is -2.04. The number of benzene rings is 1. The second kappa shape index (κ2) is 8.14. The first-order valence-corrected chi connectivity index (χ1v) is 10.4. The summed E-state index contributed by atoms with van der Waals surface area (Å²) in [5.74, 6) is 0. The van der Waals surface area contributed by atoms with Crippen molar-refractivity contribution in [3.05, 3.63) is 68.5 Å². The Morgan fingerprint density at radius 2 is 1.79 bits per heavy atom. The first-order chi connectivity index (χ1) is 13.6. The van der Waals surface area contributed by atoms with Gasteiger partial charge in [-0.1, -0.05) is 34.8 Å². The highest BCUT2D eigenvalue weighted by Gasteiger charge is 2.27. The summed E-state index contributed by atoms with van der Waals surface area (Å²) in [5.41, 5.74) is 7.09. The van der Waals surface area contributed by atoms with Gasteiger partial charge in [0.05, 0.1) is 17.3 Å². The fourth-order valence-electron chi connectivity index (χ4n) is 4.09. The van der Waals surface area contributed by atoms with Crippen molar-refractivity contribution in [2.24, 2.45) is 0 Å². The van der Waals surface area contributed by atoms with Crippen LogP contribution in [0.25, 0.3) is 5.57 Å². The molecule has 0 unspecified atom stereocenters. The van der Waals surface area contributed by atoms with Crippen molar-refractivity contribution in [1.82, 2.24) is 9.88 Å². The van der Waals surface area contributed by atoms with Crippen molar-refractivity contribution in [1.29, 1.82) is 0 Å². The summed E-state index contributed by atoms with van der Waals surface area (Å²) in [6, 6.07) is 8.11. The van der Waals surface area contributed by atoms with Crippen LogP contribution in [0.2, 0.25) is 10.0 Å². The summed E-state index contributed by atoms with van der Waals surface area (Å²) in [5, 5.41) is 1.40. The number of fused-ring (bicyclic) bond motifs is 2. The molecule has 1 saturated heterocycles. The van der Waals surface area contributed by atoms with Gasteiger partial charge >= 0.3 is 6.09 Å². The third-order valence-electron chi connectivity index (χ3n) is 5.42. The minimum atomic E-state index is -0.232. The number of carbonyl (C=O) groups is 1. The third kappa shape index (κ3) is 3.76. The Morgan fingerprint density at radius 1 is 1.07 bits per heavy atom. The Kier molecular flexibility index (Phi) is 5.61. The van der Waals surface area contributed by atoms with Gasteiger partial charge in [-0.15, -0.1) is 0 Å². The standard InChI is InChI=1S/C22H22Cl2N2O2/c1-2-28-22(27)26-9-7-14(8-10-26)20-19-6-5-17(23)11-15(19)3-4-16-12-18(24)13-25-21(16)20/h5-6,11-13H,2-4,7-10H2,1H3. The summed E-state index contributed by atoms with van der Waals surface area (Å²) in [6.07, 6.45) is 4.87. The molecule has 1 aliphatic heterocycles. The highest BCUT2D eigenvalue weighted by molar-refractivity contribution is 6.31. The van der Waals surface area contributed by atoms with E-state index in [1.165, 1.54) is 22.3 Å². The average molecular weight is 417 g/mol. The monoisotopic (exact) mass is 416 g/mol.